The lowest BCUT2D eigenvalue weighted by Crippen LogP contribution is -2.39. The molecule has 7 heteroatoms. The fraction of sp³-hybridized carbons (Fsp3) is 0.318. The summed E-state index contributed by atoms with van der Waals surface area (Å²) in [4.78, 5) is 14.7. The standard InChI is InChI=1S/C22H25ClN2O3S/c1-3-13-25(19-9-5-4-6-10-19)22(26)18-11-12-20(23)21(15-18)29(27,28)24-14-7-8-17(2)16-24/h3-6,9-12,15,17H,1,7-8,13-14,16H2,2H3. The highest BCUT2D eigenvalue weighted by Gasteiger charge is 2.31. The molecule has 2 aromatic rings. The summed E-state index contributed by atoms with van der Waals surface area (Å²) < 4.78 is 27.9. The number of piperidine rings is 1. The molecule has 1 aliphatic heterocycles. The first kappa shape index (κ1) is 21.6. The van der Waals surface area contributed by atoms with Gasteiger partial charge in [-0.2, -0.15) is 4.31 Å². The number of sulfonamides is 1. The zero-order valence-corrected chi connectivity index (χ0v) is 18.0. The quantitative estimate of drug-likeness (QED) is 0.627. The Bertz CT molecular complexity index is 992. The average Bonchev–Trinajstić information content (AvgIpc) is 2.72. The summed E-state index contributed by atoms with van der Waals surface area (Å²) in [7, 11) is -3.77. The number of hydrogen-bond donors (Lipinski definition) is 0. The number of benzene rings is 2. The number of anilines is 1. The molecule has 0 N–H and O–H groups in total. The number of hydrogen-bond acceptors (Lipinski definition) is 3. The van der Waals surface area contributed by atoms with Crippen LogP contribution in [0.2, 0.25) is 5.02 Å². The van der Waals surface area contributed by atoms with Gasteiger partial charge in [0.2, 0.25) is 10.0 Å². The van der Waals surface area contributed by atoms with Crippen LogP contribution >= 0.6 is 11.6 Å². The van der Waals surface area contributed by atoms with Crippen molar-refractivity contribution in [2.75, 3.05) is 24.5 Å². The molecule has 29 heavy (non-hydrogen) atoms. The van der Waals surface area contributed by atoms with Crippen LogP contribution in [-0.2, 0) is 10.0 Å². The van der Waals surface area contributed by atoms with Gasteiger partial charge in [0.15, 0.2) is 0 Å². The highest BCUT2D eigenvalue weighted by Crippen LogP contribution is 2.30. The van der Waals surface area contributed by atoms with Gasteiger partial charge in [0.05, 0.1) is 5.02 Å². The molecule has 2 aromatic carbocycles. The van der Waals surface area contributed by atoms with Crippen LogP contribution in [0.25, 0.3) is 0 Å². The lowest BCUT2D eigenvalue weighted by Gasteiger charge is -2.30. The van der Waals surface area contributed by atoms with Crippen LogP contribution in [0.5, 0.6) is 0 Å². The zero-order valence-electron chi connectivity index (χ0n) is 16.4. The first-order chi connectivity index (χ1) is 13.8. The van der Waals surface area contributed by atoms with Crippen LogP contribution in [0.4, 0.5) is 5.69 Å². The molecule has 0 radical (unpaired) electrons. The van der Waals surface area contributed by atoms with Gasteiger partial charge in [-0.05, 0) is 49.1 Å². The van der Waals surface area contributed by atoms with Crippen molar-refractivity contribution >= 4 is 33.2 Å². The van der Waals surface area contributed by atoms with Gasteiger partial charge in [-0.1, -0.05) is 42.8 Å². The van der Waals surface area contributed by atoms with Crippen LogP contribution < -0.4 is 4.90 Å². The van der Waals surface area contributed by atoms with E-state index in [9.17, 15) is 13.2 Å². The van der Waals surface area contributed by atoms with Gasteiger partial charge in [-0.25, -0.2) is 8.42 Å². The lowest BCUT2D eigenvalue weighted by molar-refractivity contribution is 0.0989. The van der Waals surface area contributed by atoms with E-state index in [-0.39, 0.29) is 21.4 Å². The zero-order chi connectivity index (χ0) is 21.0. The molecule has 1 aliphatic rings. The summed E-state index contributed by atoms with van der Waals surface area (Å²) in [5.74, 6) is -0.0143. The summed E-state index contributed by atoms with van der Waals surface area (Å²) in [5.41, 5.74) is 0.977. The molecule has 3 rings (SSSR count). The van der Waals surface area contributed by atoms with E-state index in [2.05, 4.69) is 6.58 Å². The van der Waals surface area contributed by atoms with Crippen LogP contribution in [0.15, 0.2) is 66.1 Å². The molecule has 0 spiro atoms. The minimum absolute atomic E-state index is 0.0225. The van der Waals surface area contributed by atoms with E-state index in [1.807, 2.05) is 37.3 Å². The van der Waals surface area contributed by atoms with E-state index in [0.29, 0.717) is 31.2 Å². The molecule has 0 saturated carbocycles. The average molecular weight is 433 g/mol. The first-order valence-electron chi connectivity index (χ1n) is 9.62. The maximum absolute atomic E-state index is 13.2. The van der Waals surface area contributed by atoms with Gasteiger partial charge in [0, 0.05) is 30.9 Å². The van der Waals surface area contributed by atoms with Gasteiger partial charge >= 0.3 is 0 Å². The van der Waals surface area contributed by atoms with Crippen molar-refractivity contribution in [3.8, 4) is 0 Å². The Labute approximate surface area is 177 Å². The Kier molecular flexibility index (Phi) is 6.77. The predicted molar refractivity (Wildman–Crippen MR) is 117 cm³/mol. The minimum atomic E-state index is -3.77. The molecule has 1 fully saturated rings. The van der Waals surface area contributed by atoms with Gasteiger partial charge in [-0.15, -0.1) is 6.58 Å². The summed E-state index contributed by atoms with van der Waals surface area (Å²) in [6.07, 6.45) is 3.46. The van der Waals surface area contributed by atoms with E-state index in [0.717, 1.165) is 12.8 Å². The molecule has 1 saturated heterocycles. The predicted octanol–water partition coefficient (Wildman–Crippen LogP) is 4.59. The smallest absolute Gasteiger partial charge is 0.258 e. The molecule has 1 unspecified atom stereocenters. The SMILES string of the molecule is C=CCN(C(=O)c1ccc(Cl)c(S(=O)(=O)N2CCCC(C)C2)c1)c1ccccc1. The monoisotopic (exact) mass is 432 g/mol. The van der Waals surface area contributed by atoms with Crippen molar-refractivity contribution in [2.45, 2.75) is 24.7 Å². The maximum atomic E-state index is 13.2. The fourth-order valence-electron chi connectivity index (χ4n) is 3.54. The lowest BCUT2D eigenvalue weighted by atomic mass is 10.0. The van der Waals surface area contributed by atoms with Crippen LogP contribution in [0.3, 0.4) is 0 Å². The van der Waals surface area contributed by atoms with E-state index in [1.165, 1.54) is 16.4 Å². The Morgan fingerprint density at radius 2 is 2.00 bits per heavy atom. The Morgan fingerprint density at radius 1 is 1.28 bits per heavy atom. The number of carbonyl (C=O) groups excluding carboxylic acids is 1. The topological polar surface area (TPSA) is 57.7 Å². The second kappa shape index (κ2) is 9.11. The van der Waals surface area contributed by atoms with Crippen molar-refractivity contribution in [3.63, 3.8) is 0 Å². The van der Waals surface area contributed by atoms with Crippen molar-refractivity contribution in [1.82, 2.24) is 4.31 Å². The van der Waals surface area contributed by atoms with Gasteiger partial charge in [0.1, 0.15) is 4.90 Å². The van der Waals surface area contributed by atoms with E-state index in [1.54, 1.807) is 17.0 Å². The van der Waals surface area contributed by atoms with E-state index in [4.69, 9.17) is 11.6 Å². The molecule has 0 aromatic heterocycles. The molecule has 154 valence electrons. The number of halogens is 1. The van der Waals surface area contributed by atoms with Crippen LogP contribution in [-0.4, -0.2) is 38.3 Å². The second-order valence-corrected chi connectivity index (χ2v) is 9.61. The highest BCUT2D eigenvalue weighted by atomic mass is 35.5. The second-order valence-electron chi connectivity index (χ2n) is 7.30. The molecule has 1 atom stereocenters. The molecule has 0 aliphatic carbocycles. The van der Waals surface area contributed by atoms with Crippen molar-refractivity contribution < 1.29 is 13.2 Å². The third-order valence-electron chi connectivity index (χ3n) is 5.04. The summed E-state index contributed by atoms with van der Waals surface area (Å²) in [6.45, 7) is 6.99. The van der Waals surface area contributed by atoms with E-state index < -0.39 is 10.0 Å². The fourth-order valence-corrected chi connectivity index (χ4v) is 5.63. The van der Waals surface area contributed by atoms with Gasteiger partial charge < -0.3 is 4.90 Å². The first-order valence-corrected chi connectivity index (χ1v) is 11.4. The largest absolute Gasteiger partial charge is 0.305 e. The Morgan fingerprint density at radius 3 is 2.66 bits per heavy atom. The number of carbonyl (C=O) groups is 1. The van der Waals surface area contributed by atoms with Gasteiger partial charge in [-0.3, -0.25) is 4.79 Å². The Balaban J connectivity index is 1.97. The van der Waals surface area contributed by atoms with Crippen LogP contribution in [0.1, 0.15) is 30.1 Å². The summed E-state index contributed by atoms with van der Waals surface area (Å²) in [6, 6.07) is 13.6. The van der Waals surface area contributed by atoms with E-state index >= 15 is 0 Å². The van der Waals surface area contributed by atoms with Crippen LogP contribution in [0, 0.1) is 5.92 Å². The summed E-state index contributed by atoms with van der Waals surface area (Å²) in [5, 5.41) is 0.120. The normalized spacial score (nSPS) is 17.7. The van der Waals surface area contributed by atoms with Crippen molar-refractivity contribution in [1.29, 1.82) is 0 Å². The maximum Gasteiger partial charge on any atom is 0.258 e. The number of para-hydroxylation sites is 1. The highest BCUT2D eigenvalue weighted by molar-refractivity contribution is 7.89. The van der Waals surface area contributed by atoms with Gasteiger partial charge in [0.25, 0.3) is 5.91 Å². The number of rotatable bonds is 6. The molecular weight excluding hydrogens is 408 g/mol. The third-order valence-corrected chi connectivity index (χ3v) is 7.39. The Hall–Kier alpha value is -2.15. The van der Waals surface area contributed by atoms with Crippen molar-refractivity contribution in [3.05, 3.63) is 71.8 Å². The molecule has 0 bridgehead atoms. The third kappa shape index (κ3) is 4.71. The number of nitrogens with zero attached hydrogens (tertiary/aromatic N) is 2. The van der Waals surface area contributed by atoms with Crippen molar-refractivity contribution in [2.24, 2.45) is 5.92 Å². The summed E-state index contributed by atoms with van der Waals surface area (Å²) >= 11 is 6.25. The number of amides is 1. The molecular formula is C22H25ClN2O3S. The minimum Gasteiger partial charge on any atom is -0.305 e. The molecule has 1 amide bonds. The molecule has 1 heterocycles. The molecule has 5 nitrogen and oxygen atoms in total.